The molecule has 3 heteroatoms. The Morgan fingerprint density at radius 2 is 2.06 bits per heavy atom. The Morgan fingerprint density at radius 3 is 2.65 bits per heavy atom. The van der Waals surface area contributed by atoms with E-state index in [0.29, 0.717) is 11.3 Å². The van der Waals surface area contributed by atoms with E-state index in [1.54, 1.807) is 32.4 Å². The zero-order valence-electron chi connectivity index (χ0n) is 9.81. The van der Waals surface area contributed by atoms with E-state index in [1.807, 2.05) is 24.3 Å². The minimum atomic E-state index is 0.0323. The van der Waals surface area contributed by atoms with Crippen molar-refractivity contribution in [1.29, 1.82) is 0 Å². The number of nitrogens with zero attached hydrogens (tertiary/aromatic N) is 1. The van der Waals surface area contributed by atoms with E-state index < -0.39 is 0 Å². The molecule has 0 atom stereocenters. The fourth-order valence-corrected chi connectivity index (χ4v) is 1.65. The number of hydrogen-bond acceptors (Lipinski definition) is 3. The first-order valence-corrected chi connectivity index (χ1v) is 5.33. The van der Waals surface area contributed by atoms with Crippen molar-refractivity contribution in [3.05, 3.63) is 48.2 Å². The summed E-state index contributed by atoms with van der Waals surface area (Å²) < 4.78 is 5.28. The summed E-state index contributed by atoms with van der Waals surface area (Å²) in [6.45, 7) is 1.55. The first-order valence-electron chi connectivity index (χ1n) is 5.33. The lowest BCUT2D eigenvalue weighted by molar-refractivity contribution is 0.101. The second-order valence-electron chi connectivity index (χ2n) is 3.69. The molecule has 1 heterocycles. The summed E-state index contributed by atoms with van der Waals surface area (Å²) in [7, 11) is 1.61. The number of pyridine rings is 1. The number of methoxy groups -OCH3 is 1. The fraction of sp³-hybridized carbons (Fsp3) is 0.143. The largest absolute Gasteiger partial charge is 0.496 e. The fourth-order valence-electron chi connectivity index (χ4n) is 1.65. The van der Waals surface area contributed by atoms with Crippen molar-refractivity contribution < 1.29 is 9.53 Å². The van der Waals surface area contributed by atoms with Gasteiger partial charge in [-0.25, -0.2) is 0 Å². The molecule has 86 valence electrons. The second-order valence-corrected chi connectivity index (χ2v) is 3.69. The number of carbonyl (C=O) groups excluding carboxylic acids is 1. The van der Waals surface area contributed by atoms with Gasteiger partial charge in [0.1, 0.15) is 5.75 Å². The van der Waals surface area contributed by atoms with Crippen molar-refractivity contribution in [2.24, 2.45) is 0 Å². The molecule has 1 aromatic carbocycles. The minimum Gasteiger partial charge on any atom is -0.496 e. The highest BCUT2D eigenvalue weighted by Crippen LogP contribution is 2.29. The number of ether oxygens (including phenoxy) is 1. The van der Waals surface area contributed by atoms with E-state index in [9.17, 15) is 4.79 Å². The van der Waals surface area contributed by atoms with Crippen LogP contribution in [0.15, 0.2) is 42.6 Å². The predicted molar refractivity (Wildman–Crippen MR) is 66.2 cm³/mol. The Bertz CT molecular complexity index is 535. The first kappa shape index (κ1) is 11.3. The third kappa shape index (κ3) is 2.33. The number of benzene rings is 1. The Balaban J connectivity index is 2.58. The Labute approximate surface area is 100 Å². The van der Waals surface area contributed by atoms with Crippen LogP contribution in [0.25, 0.3) is 11.3 Å². The van der Waals surface area contributed by atoms with E-state index in [2.05, 4.69) is 4.98 Å². The van der Waals surface area contributed by atoms with Gasteiger partial charge < -0.3 is 4.74 Å². The molecule has 0 spiro atoms. The predicted octanol–water partition coefficient (Wildman–Crippen LogP) is 2.96. The molecule has 2 rings (SSSR count). The number of aromatic nitrogens is 1. The zero-order valence-corrected chi connectivity index (χ0v) is 9.81. The quantitative estimate of drug-likeness (QED) is 0.757. The van der Waals surface area contributed by atoms with Gasteiger partial charge in [-0.3, -0.25) is 9.78 Å². The van der Waals surface area contributed by atoms with Gasteiger partial charge in [0.25, 0.3) is 0 Å². The van der Waals surface area contributed by atoms with Crippen molar-refractivity contribution in [2.45, 2.75) is 6.92 Å². The lowest BCUT2D eigenvalue weighted by atomic mass is 10.0. The smallest absolute Gasteiger partial charge is 0.159 e. The summed E-state index contributed by atoms with van der Waals surface area (Å²) in [5, 5.41) is 0. The number of carbonyl (C=O) groups is 1. The van der Waals surface area contributed by atoms with Gasteiger partial charge in [0.05, 0.1) is 12.8 Å². The SMILES string of the molecule is COc1ccc(C(C)=O)cc1-c1ccccn1. The summed E-state index contributed by atoms with van der Waals surface area (Å²) in [6.07, 6.45) is 1.72. The molecule has 2 aromatic rings. The van der Waals surface area contributed by atoms with Gasteiger partial charge >= 0.3 is 0 Å². The molecule has 0 N–H and O–H groups in total. The van der Waals surface area contributed by atoms with Crippen molar-refractivity contribution in [3.8, 4) is 17.0 Å². The molecule has 0 aliphatic heterocycles. The Morgan fingerprint density at radius 1 is 1.24 bits per heavy atom. The van der Waals surface area contributed by atoms with Crippen LogP contribution < -0.4 is 4.74 Å². The van der Waals surface area contributed by atoms with Crippen LogP contribution >= 0.6 is 0 Å². The molecule has 0 amide bonds. The second kappa shape index (κ2) is 4.78. The zero-order chi connectivity index (χ0) is 12.3. The van der Waals surface area contributed by atoms with Crippen LogP contribution in [0.4, 0.5) is 0 Å². The molecule has 17 heavy (non-hydrogen) atoms. The first-order chi connectivity index (χ1) is 8.22. The average molecular weight is 227 g/mol. The van der Waals surface area contributed by atoms with Gasteiger partial charge in [0.15, 0.2) is 5.78 Å². The van der Waals surface area contributed by atoms with Crippen molar-refractivity contribution >= 4 is 5.78 Å². The lowest BCUT2D eigenvalue weighted by Gasteiger charge is -2.09. The van der Waals surface area contributed by atoms with Gasteiger partial charge in [0, 0.05) is 17.3 Å². The van der Waals surface area contributed by atoms with Gasteiger partial charge in [-0.15, -0.1) is 0 Å². The topological polar surface area (TPSA) is 39.2 Å². The highest BCUT2D eigenvalue weighted by Gasteiger charge is 2.09. The van der Waals surface area contributed by atoms with E-state index in [-0.39, 0.29) is 5.78 Å². The van der Waals surface area contributed by atoms with E-state index in [0.717, 1.165) is 11.3 Å². The molecule has 0 saturated carbocycles. The van der Waals surface area contributed by atoms with Crippen LogP contribution in [0.3, 0.4) is 0 Å². The molecule has 0 aliphatic rings. The van der Waals surface area contributed by atoms with Crippen molar-refractivity contribution in [2.75, 3.05) is 7.11 Å². The maximum absolute atomic E-state index is 11.4. The Kier molecular flexibility index (Phi) is 3.19. The van der Waals surface area contributed by atoms with E-state index in [1.165, 1.54) is 0 Å². The van der Waals surface area contributed by atoms with Crippen molar-refractivity contribution in [1.82, 2.24) is 4.98 Å². The van der Waals surface area contributed by atoms with Gasteiger partial charge in [-0.2, -0.15) is 0 Å². The third-order valence-corrected chi connectivity index (χ3v) is 2.55. The van der Waals surface area contributed by atoms with Gasteiger partial charge in [-0.05, 0) is 37.3 Å². The normalized spacial score (nSPS) is 10.0. The highest BCUT2D eigenvalue weighted by molar-refractivity contribution is 5.95. The number of rotatable bonds is 3. The van der Waals surface area contributed by atoms with Crippen molar-refractivity contribution in [3.63, 3.8) is 0 Å². The third-order valence-electron chi connectivity index (χ3n) is 2.55. The molecular formula is C14H13NO2. The van der Waals surface area contributed by atoms with E-state index in [4.69, 9.17) is 4.74 Å². The molecular weight excluding hydrogens is 214 g/mol. The number of ketones is 1. The van der Waals surface area contributed by atoms with Crippen LogP contribution in [0, 0.1) is 0 Å². The highest BCUT2D eigenvalue weighted by atomic mass is 16.5. The summed E-state index contributed by atoms with van der Waals surface area (Å²) >= 11 is 0. The van der Waals surface area contributed by atoms with E-state index >= 15 is 0 Å². The minimum absolute atomic E-state index is 0.0323. The molecule has 0 aliphatic carbocycles. The monoisotopic (exact) mass is 227 g/mol. The van der Waals surface area contributed by atoms with Crippen LogP contribution in [-0.4, -0.2) is 17.9 Å². The number of Topliss-reactive ketones (excluding diaryl/α,β-unsaturated/α-hetero) is 1. The summed E-state index contributed by atoms with van der Waals surface area (Å²) in [5.41, 5.74) is 2.29. The molecule has 0 bridgehead atoms. The standard InChI is InChI=1S/C14H13NO2/c1-10(16)11-6-7-14(17-2)12(9-11)13-5-3-4-8-15-13/h3-9H,1-2H3. The lowest BCUT2D eigenvalue weighted by Crippen LogP contribution is -1.96. The molecule has 0 fully saturated rings. The maximum atomic E-state index is 11.4. The number of hydrogen-bond donors (Lipinski definition) is 0. The average Bonchev–Trinajstić information content (AvgIpc) is 2.39. The molecule has 0 radical (unpaired) electrons. The summed E-state index contributed by atoms with van der Waals surface area (Å²) in [4.78, 5) is 15.6. The van der Waals surface area contributed by atoms with Crippen LogP contribution in [-0.2, 0) is 0 Å². The molecule has 0 unspecified atom stereocenters. The van der Waals surface area contributed by atoms with Crippen LogP contribution in [0.2, 0.25) is 0 Å². The van der Waals surface area contributed by atoms with Crippen LogP contribution in [0.5, 0.6) is 5.75 Å². The molecule has 3 nitrogen and oxygen atoms in total. The summed E-state index contributed by atoms with van der Waals surface area (Å²) in [6, 6.07) is 11.0. The van der Waals surface area contributed by atoms with Gasteiger partial charge in [-0.1, -0.05) is 6.07 Å². The maximum Gasteiger partial charge on any atom is 0.159 e. The Hall–Kier alpha value is -2.16. The summed E-state index contributed by atoms with van der Waals surface area (Å²) in [5.74, 6) is 0.749. The van der Waals surface area contributed by atoms with Gasteiger partial charge in [0.2, 0.25) is 0 Å². The molecule has 0 saturated heterocycles. The molecule has 1 aromatic heterocycles. The van der Waals surface area contributed by atoms with Crippen LogP contribution in [0.1, 0.15) is 17.3 Å².